The fraction of sp³-hybridized carbons (Fsp3) is 0. The Morgan fingerprint density at radius 3 is 2.88 bits per heavy atom. The molecule has 1 amide bonds. The minimum Gasteiger partial charge on any atom is -0.452 e. The maximum Gasteiger partial charge on any atom is 0.326 e. The molecule has 0 N–H and O–H groups in total. The summed E-state index contributed by atoms with van der Waals surface area (Å²) in [4.78, 5) is 22.3. The molecule has 0 spiro atoms. The molecule has 0 radical (unpaired) electrons. The number of carbonyl (C=O) groups excluding carboxylic acids is 2. The number of amides is 1. The Hall–Kier alpha value is -1.41. The normalized spacial score (nSPS) is 12.8. The maximum absolute atomic E-state index is 10.2. The Bertz CT molecular complexity index is 195. The quantitative estimate of drug-likeness (QED) is 0.345. The van der Waals surface area contributed by atoms with E-state index in [-0.39, 0.29) is 5.76 Å². The van der Waals surface area contributed by atoms with Crippen LogP contribution in [0.5, 0.6) is 0 Å². The Kier molecular flexibility index (Phi) is 0.946. The number of aliphatic imine (C=N–C) groups is 1. The lowest BCUT2D eigenvalue weighted by Crippen LogP contribution is -1.86. The summed E-state index contributed by atoms with van der Waals surface area (Å²) in [6.45, 7) is 0. The third-order valence-corrected chi connectivity index (χ3v) is 0.594. The third-order valence-electron chi connectivity index (χ3n) is 0.594. The van der Waals surface area contributed by atoms with Gasteiger partial charge in [0.2, 0.25) is 11.8 Å². The van der Waals surface area contributed by atoms with Gasteiger partial charge in [-0.05, 0) is 0 Å². The first kappa shape index (κ1) is 4.74. The van der Waals surface area contributed by atoms with Crippen LogP contribution in [0, 0.1) is 0 Å². The van der Waals surface area contributed by atoms with E-state index in [9.17, 15) is 9.59 Å². The first-order valence-electron chi connectivity index (χ1n) is 1.83. The fourth-order valence-corrected chi connectivity index (χ4v) is 0.227. The highest BCUT2D eigenvalue weighted by Crippen LogP contribution is 2.13. The molecular formula is C4HNO3. The number of rotatable bonds is 1. The molecular weight excluding hydrogens is 110 g/mol. The molecule has 0 saturated carbocycles. The Morgan fingerprint density at radius 1 is 1.88 bits per heavy atom. The minimum atomic E-state index is -0.667. The summed E-state index contributed by atoms with van der Waals surface area (Å²) in [5.74, 6) is -0.548. The molecule has 4 nitrogen and oxygen atoms in total. The molecule has 1 aliphatic rings. The molecule has 40 valence electrons. The van der Waals surface area contributed by atoms with Gasteiger partial charge >= 0.3 is 5.91 Å². The Labute approximate surface area is 44.5 Å². The minimum absolute atomic E-state index is 0.119. The summed E-state index contributed by atoms with van der Waals surface area (Å²) >= 11 is 0. The molecule has 4 heteroatoms. The van der Waals surface area contributed by atoms with Gasteiger partial charge in [0.1, 0.15) is 6.26 Å². The van der Waals surface area contributed by atoms with E-state index in [1.54, 1.807) is 0 Å². The van der Waals surface area contributed by atoms with Crippen molar-refractivity contribution < 1.29 is 14.3 Å². The lowest BCUT2D eigenvalue weighted by molar-refractivity contribution is -0.115. The van der Waals surface area contributed by atoms with E-state index < -0.39 is 5.91 Å². The molecule has 8 heavy (non-hydrogen) atoms. The van der Waals surface area contributed by atoms with E-state index in [0.29, 0.717) is 0 Å². The van der Waals surface area contributed by atoms with Gasteiger partial charge < -0.3 is 4.74 Å². The van der Waals surface area contributed by atoms with Gasteiger partial charge in [-0.1, -0.05) is 0 Å². The molecule has 1 heterocycles. The smallest absolute Gasteiger partial charge is 0.326 e. The van der Waals surface area contributed by atoms with Gasteiger partial charge in [-0.2, -0.15) is 0 Å². The zero-order chi connectivity index (χ0) is 5.98. The Morgan fingerprint density at radius 2 is 2.50 bits per heavy atom. The highest BCUT2D eigenvalue weighted by molar-refractivity contribution is 5.96. The average Bonchev–Trinajstić information content (AvgIpc) is 2.45. The van der Waals surface area contributed by atoms with Crippen molar-refractivity contribution in [1.29, 1.82) is 0 Å². The van der Waals surface area contributed by atoms with Gasteiger partial charge in [-0.15, -0.1) is 4.99 Å². The summed E-state index contributed by atoms with van der Waals surface area (Å²) in [6, 6.07) is 0. The van der Waals surface area contributed by atoms with Gasteiger partial charge in [0.05, 0.1) is 0 Å². The molecule has 0 bridgehead atoms. The number of isocyanates is 1. The van der Waals surface area contributed by atoms with E-state index in [0.717, 1.165) is 6.08 Å². The van der Waals surface area contributed by atoms with Crippen molar-refractivity contribution in [2.24, 2.45) is 4.99 Å². The van der Waals surface area contributed by atoms with Crippen LogP contribution in [0.1, 0.15) is 0 Å². The molecule has 0 aromatic heterocycles. The molecule has 0 atom stereocenters. The number of hydrogen-bond acceptors (Lipinski definition) is 3. The number of hydrogen-bond donors (Lipinski definition) is 0. The topological polar surface area (TPSA) is 59.0 Å². The molecule has 1 aliphatic heterocycles. The van der Waals surface area contributed by atoms with E-state index >= 15 is 0 Å². The van der Waals surface area contributed by atoms with Crippen molar-refractivity contribution in [1.82, 2.24) is 0 Å². The number of nitrogens with zero attached hydrogens (tertiary/aromatic N) is 1. The van der Waals surface area contributed by atoms with Gasteiger partial charge in [0, 0.05) is 0 Å². The highest BCUT2D eigenvalue weighted by Gasteiger charge is 2.19. The average molecular weight is 111 g/mol. The summed E-state index contributed by atoms with van der Waals surface area (Å²) < 4.78 is 4.29. The van der Waals surface area contributed by atoms with E-state index in [4.69, 9.17) is 0 Å². The van der Waals surface area contributed by atoms with Crippen molar-refractivity contribution in [3.05, 3.63) is 12.0 Å². The zero-order valence-corrected chi connectivity index (χ0v) is 3.75. The van der Waals surface area contributed by atoms with Crippen LogP contribution in [0.4, 0.5) is 0 Å². The first-order chi connectivity index (χ1) is 3.84. The van der Waals surface area contributed by atoms with Crippen LogP contribution >= 0.6 is 0 Å². The van der Waals surface area contributed by atoms with Crippen molar-refractivity contribution in [2.75, 3.05) is 0 Å². The second-order valence-electron chi connectivity index (χ2n) is 1.11. The van der Waals surface area contributed by atoms with Crippen LogP contribution in [0.2, 0.25) is 0 Å². The predicted molar refractivity (Wildman–Crippen MR) is 22.3 cm³/mol. The van der Waals surface area contributed by atoms with Gasteiger partial charge in [-0.3, -0.25) is 4.79 Å². The van der Waals surface area contributed by atoms with Crippen molar-refractivity contribution >= 4 is 12.0 Å². The molecule has 0 unspecified atom stereocenters. The van der Waals surface area contributed by atoms with Crippen molar-refractivity contribution in [3.63, 3.8) is 0 Å². The number of ether oxygens (including phenoxy) is 1. The lowest BCUT2D eigenvalue weighted by Gasteiger charge is -1.70. The summed E-state index contributed by atoms with van der Waals surface area (Å²) in [6.07, 6.45) is 2.30. The largest absolute Gasteiger partial charge is 0.452 e. The maximum atomic E-state index is 10.2. The van der Waals surface area contributed by atoms with Gasteiger partial charge in [0.15, 0.2) is 0 Å². The summed E-state index contributed by atoms with van der Waals surface area (Å²) in [5.41, 5.74) is 0. The van der Waals surface area contributed by atoms with Crippen LogP contribution in [0.3, 0.4) is 0 Å². The third kappa shape index (κ3) is 0.802. The van der Waals surface area contributed by atoms with Crippen LogP contribution in [-0.2, 0) is 14.3 Å². The van der Waals surface area contributed by atoms with E-state index in [1.807, 2.05) is 0 Å². The van der Waals surface area contributed by atoms with Crippen LogP contribution in [0.15, 0.2) is 17.0 Å². The van der Waals surface area contributed by atoms with Crippen LogP contribution < -0.4 is 0 Å². The molecule has 0 aromatic carbocycles. The lowest BCUT2D eigenvalue weighted by atomic mass is 10.6. The highest BCUT2D eigenvalue weighted by atomic mass is 16.5. The molecule has 0 aliphatic carbocycles. The van der Waals surface area contributed by atoms with Gasteiger partial charge in [-0.25, -0.2) is 4.79 Å². The Balaban J connectivity index is 2.58. The van der Waals surface area contributed by atoms with E-state index in [2.05, 4.69) is 9.73 Å². The zero-order valence-electron chi connectivity index (χ0n) is 3.75. The monoisotopic (exact) mass is 111 g/mol. The summed E-state index contributed by atoms with van der Waals surface area (Å²) in [7, 11) is 0. The van der Waals surface area contributed by atoms with Crippen LogP contribution in [-0.4, -0.2) is 12.0 Å². The molecule has 0 saturated heterocycles. The number of carbonyl (C=O) groups is 1. The fourth-order valence-electron chi connectivity index (χ4n) is 0.227. The van der Waals surface area contributed by atoms with Gasteiger partial charge in [0.25, 0.3) is 0 Å². The molecule has 0 aromatic rings. The molecule has 1 rings (SSSR count). The van der Waals surface area contributed by atoms with Crippen molar-refractivity contribution in [3.8, 4) is 0 Å². The standard InChI is InChI=1S/C4HNO3/c6-2-5-4(7)3-1-8-3/h1H. The second kappa shape index (κ2) is 1.60. The van der Waals surface area contributed by atoms with Crippen molar-refractivity contribution in [2.45, 2.75) is 0 Å². The van der Waals surface area contributed by atoms with E-state index in [1.165, 1.54) is 6.26 Å². The summed E-state index contributed by atoms with van der Waals surface area (Å²) in [5, 5.41) is 0. The SMILES string of the molecule is O=C=NC(=O)C1=CO1. The van der Waals surface area contributed by atoms with Crippen LogP contribution in [0.25, 0.3) is 0 Å². The first-order valence-corrected chi connectivity index (χ1v) is 1.83. The molecule has 0 fully saturated rings. The predicted octanol–water partition coefficient (Wildman–Crippen LogP) is -0.280. The second-order valence-corrected chi connectivity index (χ2v) is 1.11.